The molecule has 1 unspecified atom stereocenters. The van der Waals surface area contributed by atoms with Crippen molar-refractivity contribution in [2.45, 2.75) is 32.1 Å². The number of hydrogen-bond donors (Lipinski definition) is 1. The van der Waals surface area contributed by atoms with E-state index >= 15 is 0 Å². The number of allylic oxidation sites excluding steroid dienone is 4. The van der Waals surface area contributed by atoms with Crippen molar-refractivity contribution in [2.75, 3.05) is 0 Å². The predicted octanol–water partition coefficient (Wildman–Crippen LogP) is 4.08. The molecule has 0 fully saturated rings. The van der Waals surface area contributed by atoms with Crippen LogP contribution in [0.4, 0.5) is 4.39 Å². The minimum atomic E-state index is -0.436. The third kappa shape index (κ3) is 2.27. The lowest BCUT2D eigenvalue weighted by molar-refractivity contribution is -0.116. The van der Waals surface area contributed by atoms with Crippen molar-refractivity contribution in [3.05, 3.63) is 57.6 Å². The van der Waals surface area contributed by atoms with Gasteiger partial charge in [0.2, 0.25) is 0 Å². The molecular formula is C16H15ClFNO. The van der Waals surface area contributed by atoms with Crippen LogP contribution in [0.25, 0.3) is 0 Å². The number of dihydropyridines is 1. The highest BCUT2D eigenvalue weighted by atomic mass is 35.5. The monoisotopic (exact) mass is 291 g/mol. The van der Waals surface area contributed by atoms with Gasteiger partial charge in [-0.3, -0.25) is 4.79 Å². The van der Waals surface area contributed by atoms with Crippen LogP contribution in [-0.2, 0) is 4.79 Å². The van der Waals surface area contributed by atoms with Gasteiger partial charge < -0.3 is 5.32 Å². The largest absolute Gasteiger partial charge is 0.362 e. The molecule has 0 spiro atoms. The summed E-state index contributed by atoms with van der Waals surface area (Å²) in [7, 11) is 0. The Morgan fingerprint density at radius 2 is 2.15 bits per heavy atom. The van der Waals surface area contributed by atoms with E-state index in [1.165, 1.54) is 6.07 Å². The molecule has 1 heterocycles. The molecule has 1 aromatic rings. The summed E-state index contributed by atoms with van der Waals surface area (Å²) in [5, 5.41) is 3.38. The lowest BCUT2D eigenvalue weighted by Gasteiger charge is -2.30. The molecule has 1 aliphatic carbocycles. The van der Waals surface area contributed by atoms with Crippen LogP contribution in [0, 0.1) is 5.82 Å². The molecule has 1 aromatic carbocycles. The number of Topliss-reactive ketones (excluding diaryl/α,β-unsaturated/α-hetero) is 1. The Bertz CT molecular complexity index is 648. The molecule has 2 nitrogen and oxygen atoms in total. The SMILES string of the molecule is CC1=CC(c2ccc(F)c(Cl)c2)C2=C(CCCC2=O)N1. The van der Waals surface area contributed by atoms with E-state index in [1.54, 1.807) is 12.1 Å². The van der Waals surface area contributed by atoms with Crippen molar-refractivity contribution in [1.29, 1.82) is 0 Å². The molecular weight excluding hydrogens is 277 g/mol. The van der Waals surface area contributed by atoms with Crippen molar-refractivity contribution < 1.29 is 9.18 Å². The fourth-order valence-corrected chi connectivity index (χ4v) is 3.13. The Kier molecular flexibility index (Phi) is 3.38. The average Bonchev–Trinajstić information content (AvgIpc) is 2.41. The van der Waals surface area contributed by atoms with Crippen LogP contribution >= 0.6 is 11.6 Å². The van der Waals surface area contributed by atoms with Gasteiger partial charge in [0.25, 0.3) is 0 Å². The summed E-state index contributed by atoms with van der Waals surface area (Å²) in [5.41, 5.74) is 3.69. The van der Waals surface area contributed by atoms with Gasteiger partial charge in [-0.25, -0.2) is 4.39 Å². The van der Waals surface area contributed by atoms with E-state index in [9.17, 15) is 9.18 Å². The number of benzene rings is 1. The molecule has 1 atom stereocenters. The summed E-state index contributed by atoms with van der Waals surface area (Å²) in [5.74, 6) is -0.390. The van der Waals surface area contributed by atoms with Gasteiger partial charge in [-0.05, 0) is 37.5 Å². The fraction of sp³-hybridized carbons (Fsp3) is 0.312. The summed E-state index contributed by atoms with van der Waals surface area (Å²) in [6.45, 7) is 1.97. The first-order valence-electron chi connectivity index (χ1n) is 6.73. The van der Waals surface area contributed by atoms with Gasteiger partial charge in [0.1, 0.15) is 5.82 Å². The summed E-state index contributed by atoms with van der Waals surface area (Å²) in [6.07, 6.45) is 4.36. The highest BCUT2D eigenvalue weighted by molar-refractivity contribution is 6.30. The van der Waals surface area contributed by atoms with Gasteiger partial charge in [0.15, 0.2) is 5.78 Å². The Labute approximate surface area is 122 Å². The third-order valence-electron chi connectivity index (χ3n) is 3.83. The number of ketones is 1. The molecule has 4 heteroatoms. The number of halogens is 2. The Morgan fingerprint density at radius 1 is 1.35 bits per heavy atom. The van der Waals surface area contributed by atoms with Crippen LogP contribution < -0.4 is 5.32 Å². The van der Waals surface area contributed by atoms with Crippen molar-refractivity contribution in [1.82, 2.24) is 5.32 Å². The van der Waals surface area contributed by atoms with Gasteiger partial charge in [-0.15, -0.1) is 0 Å². The van der Waals surface area contributed by atoms with Gasteiger partial charge >= 0.3 is 0 Å². The molecule has 0 aromatic heterocycles. The zero-order valence-corrected chi connectivity index (χ0v) is 11.9. The molecule has 0 radical (unpaired) electrons. The van der Waals surface area contributed by atoms with Crippen LogP contribution in [0.5, 0.6) is 0 Å². The highest BCUT2D eigenvalue weighted by Crippen LogP contribution is 2.38. The van der Waals surface area contributed by atoms with E-state index in [1.807, 2.05) is 13.0 Å². The minimum absolute atomic E-state index is 0.0949. The van der Waals surface area contributed by atoms with Gasteiger partial charge in [0, 0.05) is 29.3 Å². The quantitative estimate of drug-likeness (QED) is 0.845. The zero-order chi connectivity index (χ0) is 14.3. The first kappa shape index (κ1) is 13.4. The normalized spacial score (nSPS) is 22.2. The smallest absolute Gasteiger partial charge is 0.161 e. The Balaban J connectivity index is 2.09. The summed E-state index contributed by atoms with van der Waals surface area (Å²) in [6, 6.07) is 4.67. The summed E-state index contributed by atoms with van der Waals surface area (Å²) >= 11 is 5.87. The lowest BCUT2D eigenvalue weighted by atomic mass is 9.80. The molecule has 20 heavy (non-hydrogen) atoms. The van der Waals surface area contributed by atoms with E-state index in [2.05, 4.69) is 5.32 Å². The second-order valence-electron chi connectivity index (χ2n) is 5.29. The number of nitrogens with one attached hydrogen (secondary N) is 1. The molecule has 0 amide bonds. The standard InChI is InChI=1S/C16H15ClFNO/c1-9-7-11(10-5-6-13(18)12(17)8-10)16-14(19-9)3-2-4-15(16)20/h5-8,11,19H,2-4H2,1H3. The third-order valence-corrected chi connectivity index (χ3v) is 4.12. The molecule has 1 N–H and O–H groups in total. The van der Waals surface area contributed by atoms with Crippen molar-refractivity contribution in [3.8, 4) is 0 Å². The van der Waals surface area contributed by atoms with Crippen LogP contribution in [0.1, 0.15) is 37.7 Å². The minimum Gasteiger partial charge on any atom is -0.362 e. The molecule has 3 rings (SSSR count). The molecule has 0 saturated carbocycles. The Morgan fingerprint density at radius 3 is 2.90 bits per heavy atom. The van der Waals surface area contributed by atoms with Crippen molar-refractivity contribution in [2.24, 2.45) is 0 Å². The first-order valence-corrected chi connectivity index (χ1v) is 7.10. The zero-order valence-electron chi connectivity index (χ0n) is 11.2. The van der Waals surface area contributed by atoms with Gasteiger partial charge in [-0.1, -0.05) is 23.7 Å². The van der Waals surface area contributed by atoms with E-state index in [0.717, 1.165) is 35.4 Å². The Hall–Kier alpha value is -1.61. The van der Waals surface area contributed by atoms with Crippen molar-refractivity contribution in [3.63, 3.8) is 0 Å². The fourth-order valence-electron chi connectivity index (χ4n) is 2.94. The van der Waals surface area contributed by atoms with Crippen LogP contribution in [0.15, 0.2) is 41.2 Å². The molecule has 104 valence electrons. The maximum atomic E-state index is 13.3. The predicted molar refractivity (Wildman–Crippen MR) is 76.9 cm³/mol. The number of carbonyl (C=O) groups excluding carboxylic acids is 1. The number of carbonyl (C=O) groups is 1. The van der Waals surface area contributed by atoms with E-state index in [0.29, 0.717) is 6.42 Å². The summed E-state index contributed by atoms with van der Waals surface area (Å²) < 4.78 is 13.3. The van der Waals surface area contributed by atoms with Gasteiger partial charge in [-0.2, -0.15) is 0 Å². The van der Waals surface area contributed by atoms with Crippen molar-refractivity contribution >= 4 is 17.4 Å². The molecule has 2 aliphatic rings. The molecule has 0 bridgehead atoms. The molecule has 0 saturated heterocycles. The molecule has 1 aliphatic heterocycles. The maximum absolute atomic E-state index is 13.3. The van der Waals surface area contributed by atoms with Crippen LogP contribution in [-0.4, -0.2) is 5.78 Å². The average molecular weight is 292 g/mol. The van der Waals surface area contributed by atoms with Crippen LogP contribution in [0.3, 0.4) is 0 Å². The second kappa shape index (κ2) is 5.06. The van der Waals surface area contributed by atoms with Gasteiger partial charge in [0.05, 0.1) is 5.02 Å². The summed E-state index contributed by atoms with van der Waals surface area (Å²) in [4.78, 5) is 12.2. The number of rotatable bonds is 1. The number of hydrogen-bond acceptors (Lipinski definition) is 2. The van der Waals surface area contributed by atoms with Crippen LogP contribution in [0.2, 0.25) is 5.02 Å². The van der Waals surface area contributed by atoms with E-state index in [4.69, 9.17) is 11.6 Å². The van der Waals surface area contributed by atoms with E-state index < -0.39 is 5.82 Å². The second-order valence-corrected chi connectivity index (χ2v) is 5.70. The topological polar surface area (TPSA) is 29.1 Å². The first-order chi connectivity index (χ1) is 9.56. The highest BCUT2D eigenvalue weighted by Gasteiger charge is 2.30. The lowest BCUT2D eigenvalue weighted by Crippen LogP contribution is -2.28. The maximum Gasteiger partial charge on any atom is 0.161 e. The van der Waals surface area contributed by atoms with E-state index in [-0.39, 0.29) is 16.7 Å².